The number of benzene rings is 5. The quantitative estimate of drug-likeness (QED) is 0.171. The van der Waals surface area contributed by atoms with Crippen LogP contribution in [0.5, 0.6) is 11.5 Å². The van der Waals surface area contributed by atoms with E-state index in [0.29, 0.717) is 41.7 Å². The number of methoxy groups -OCH3 is 1. The van der Waals surface area contributed by atoms with Gasteiger partial charge < -0.3 is 14.4 Å². The number of sulfonamides is 1. The Morgan fingerprint density at radius 3 is 2.22 bits per heavy atom. The van der Waals surface area contributed by atoms with Crippen LogP contribution in [0.15, 0.2) is 126 Å². The summed E-state index contributed by atoms with van der Waals surface area (Å²) in [4.78, 5) is 18.5. The van der Waals surface area contributed by atoms with Crippen molar-refractivity contribution in [3.05, 3.63) is 144 Å². The second-order valence-electron chi connectivity index (χ2n) is 11.0. The normalized spacial score (nSPS) is 14.5. The lowest BCUT2D eigenvalue weighted by molar-refractivity contribution is 0.0967. The highest BCUT2D eigenvalue weighted by molar-refractivity contribution is 7.92. The number of amides is 1. The second-order valence-corrected chi connectivity index (χ2v) is 12.7. The molecule has 0 radical (unpaired) electrons. The Bertz CT molecular complexity index is 1950. The van der Waals surface area contributed by atoms with Crippen molar-refractivity contribution in [3.8, 4) is 11.5 Å². The van der Waals surface area contributed by atoms with Crippen molar-refractivity contribution >= 4 is 33.0 Å². The number of hydrogen-bond donors (Lipinski definition) is 1. The van der Waals surface area contributed by atoms with Gasteiger partial charge in [0.1, 0.15) is 17.7 Å². The van der Waals surface area contributed by atoms with Crippen molar-refractivity contribution in [1.29, 1.82) is 0 Å². The van der Waals surface area contributed by atoms with E-state index in [4.69, 9.17) is 9.47 Å². The lowest BCUT2D eigenvalue weighted by atomic mass is 9.98. The fraction of sp³-hybridized carbons (Fsp3) is 0.162. The molecule has 0 spiro atoms. The zero-order valence-electron chi connectivity index (χ0n) is 25.9. The van der Waals surface area contributed by atoms with E-state index in [9.17, 15) is 13.2 Å². The van der Waals surface area contributed by atoms with Gasteiger partial charge in [-0.15, -0.1) is 0 Å². The fourth-order valence-electron chi connectivity index (χ4n) is 5.72. The van der Waals surface area contributed by atoms with E-state index in [1.54, 1.807) is 48.4 Å². The minimum Gasteiger partial charge on any atom is -0.496 e. The van der Waals surface area contributed by atoms with Gasteiger partial charge in [-0.2, -0.15) is 0 Å². The maximum absolute atomic E-state index is 14.6. The van der Waals surface area contributed by atoms with Crippen molar-refractivity contribution in [2.24, 2.45) is 0 Å². The zero-order valence-corrected chi connectivity index (χ0v) is 26.7. The van der Waals surface area contributed by atoms with Crippen LogP contribution in [0.1, 0.15) is 40.1 Å². The summed E-state index contributed by atoms with van der Waals surface area (Å²) in [5.41, 5.74) is 4.84. The van der Waals surface area contributed by atoms with Crippen molar-refractivity contribution in [1.82, 2.24) is 0 Å². The number of nitrogens with zero attached hydrogens (tertiary/aromatic N) is 2. The van der Waals surface area contributed by atoms with Crippen molar-refractivity contribution < 1.29 is 22.7 Å². The van der Waals surface area contributed by atoms with Crippen molar-refractivity contribution in [2.75, 3.05) is 28.2 Å². The summed E-state index contributed by atoms with van der Waals surface area (Å²) in [6, 6.07) is 36.8. The number of ether oxygens (including phenoxy) is 2. The highest BCUT2D eigenvalue weighted by atomic mass is 32.2. The third kappa shape index (κ3) is 6.14. The average Bonchev–Trinajstić information content (AvgIpc) is 3.07. The highest BCUT2D eigenvalue weighted by Crippen LogP contribution is 2.45. The predicted octanol–water partition coefficient (Wildman–Crippen LogP) is 7.57. The van der Waals surface area contributed by atoms with Crippen LogP contribution in [0.25, 0.3) is 0 Å². The van der Waals surface area contributed by atoms with Gasteiger partial charge in [-0.05, 0) is 80.1 Å². The largest absolute Gasteiger partial charge is 0.496 e. The van der Waals surface area contributed by atoms with Crippen LogP contribution < -0.4 is 24.0 Å². The molecule has 1 amide bonds. The SMILES string of the molecule is CCOc1ccc(NS(=O)(=O)c2ccc3c(c2)C(=O)N(c2ccc(C)cc2)[C@H](c2ccccc2OC)N3Cc2ccccc2)cc1. The lowest BCUT2D eigenvalue weighted by Gasteiger charge is -2.46. The van der Waals surface area contributed by atoms with Crippen LogP contribution in [0, 0.1) is 6.92 Å². The van der Waals surface area contributed by atoms with Crippen molar-refractivity contribution in [2.45, 2.75) is 31.5 Å². The average molecular weight is 634 g/mol. The van der Waals surface area contributed by atoms with Gasteiger partial charge in [0.05, 0.1) is 29.9 Å². The molecule has 0 aliphatic carbocycles. The van der Waals surface area contributed by atoms with Crippen LogP contribution in [-0.4, -0.2) is 28.0 Å². The van der Waals surface area contributed by atoms with Gasteiger partial charge in [0.25, 0.3) is 15.9 Å². The van der Waals surface area contributed by atoms with Crippen LogP contribution in [0.4, 0.5) is 17.1 Å². The summed E-state index contributed by atoms with van der Waals surface area (Å²) in [7, 11) is -2.42. The van der Waals surface area contributed by atoms with Crippen LogP contribution >= 0.6 is 0 Å². The molecule has 6 rings (SSSR count). The Labute approximate surface area is 269 Å². The summed E-state index contributed by atoms with van der Waals surface area (Å²) < 4.78 is 41.2. The Kier molecular flexibility index (Phi) is 8.68. The second kappa shape index (κ2) is 13.0. The van der Waals surface area contributed by atoms with Crippen LogP contribution in [-0.2, 0) is 16.6 Å². The zero-order chi connectivity index (χ0) is 32.3. The topological polar surface area (TPSA) is 88.2 Å². The number of anilines is 3. The molecule has 1 N–H and O–H groups in total. The molecule has 8 nitrogen and oxygen atoms in total. The van der Waals surface area contributed by atoms with Crippen LogP contribution in [0.3, 0.4) is 0 Å². The molecule has 0 unspecified atom stereocenters. The molecule has 1 aliphatic rings. The predicted molar refractivity (Wildman–Crippen MR) is 181 cm³/mol. The van der Waals surface area contributed by atoms with E-state index in [1.807, 2.05) is 92.7 Å². The third-order valence-corrected chi connectivity index (χ3v) is 9.30. The Morgan fingerprint density at radius 1 is 0.826 bits per heavy atom. The van der Waals surface area contributed by atoms with E-state index in [-0.39, 0.29) is 16.4 Å². The van der Waals surface area contributed by atoms with E-state index in [2.05, 4.69) is 9.62 Å². The number of para-hydroxylation sites is 1. The Balaban J connectivity index is 1.50. The number of carbonyl (C=O) groups is 1. The maximum Gasteiger partial charge on any atom is 0.262 e. The summed E-state index contributed by atoms with van der Waals surface area (Å²) in [5, 5.41) is 0. The summed E-state index contributed by atoms with van der Waals surface area (Å²) in [5.74, 6) is 0.957. The maximum atomic E-state index is 14.6. The Hall–Kier alpha value is -5.28. The number of aryl methyl sites for hydroxylation is 1. The molecule has 234 valence electrons. The Morgan fingerprint density at radius 2 is 1.52 bits per heavy atom. The molecular formula is C37H35N3O5S. The minimum atomic E-state index is -4.04. The van der Waals surface area contributed by atoms with E-state index < -0.39 is 16.2 Å². The summed E-state index contributed by atoms with van der Waals surface area (Å²) in [6.07, 6.45) is -0.594. The van der Waals surface area contributed by atoms with Gasteiger partial charge in [0, 0.05) is 23.5 Å². The number of nitrogens with one attached hydrogen (secondary N) is 1. The molecule has 0 bridgehead atoms. The minimum absolute atomic E-state index is 0.0206. The number of hydrogen-bond acceptors (Lipinski definition) is 6. The monoisotopic (exact) mass is 633 g/mol. The molecule has 46 heavy (non-hydrogen) atoms. The first-order valence-electron chi connectivity index (χ1n) is 15.0. The lowest BCUT2D eigenvalue weighted by Crippen LogP contribution is -2.49. The molecule has 1 atom stereocenters. The molecule has 0 saturated carbocycles. The first-order chi connectivity index (χ1) is 22.3. The molecule has 5 aromatic rings. The smallest absolute Gasteiger partial charge is 0.262 e. The van der Waals surface area contributed by atoms with Crippen molar-refractivity contribution in [3.63, 3.8) is 0 Å². The fourth-order valence-corrected chi connectivity index (χ4v) is 6.80. The molecule has 0 saturated heterocycles. The van der Waals surface area contributed by atoms with Gasteiger partial charge in [-0.3, -0.25) is 14.4 Å². The number of rotatable bonds is 10. The van der Waals surface area contributed by atoms with E-state index in [1.165, 1.54) is 6.07 Å². The molecule has 1 aliphatic heterocycles. The molecule has 5 aromatic carbocycles. The van der Waals surface area contributed by atoms with E-state index in [0.717, 1.165) is 16.7 Å². The standard InChI is InChI=1S/C37H35N3O5S/c1-4-45-30-20-16-28(17-21-30)38-46(42,43)31-22-23-34-33(24-31)37(41)40(29-18-14-26(2)15-19-29)36(32-12-8-9-13-35(32)44-3)39(34)25-27-10-6-5-7-11-27/h5-24,36,38H,4,25H2,1-3H3/t36-/m1/s1. The first kappa shape index (κ1) is 30.7. The number of fused-ring (bicyclic) bond motifs is 1. The molecule has 0 fully saturated rings. The third-order valence-electron chi connectivity index (χ3n) is 7.92. The van der Waals surface area contributed by atoms with Crippen LogP contribution in [0.2, 0.25) is 0 Å². The summed E-state index contributed by atoms with van der Waals surface area (Å²) >= 11 is 0. The molecule has 9 heteroatoms. The van der Waals surface area contributed by atoms with Gasteiger partial charge >= 0.3 is 0 Å². The molecular weight excluding hydrogens is 598 g/mol. The van der Waals surface area contributed by atoms with Gasteiger partial charge in [0.15, 0.2) is 0 Å². The van der Waals surface area contributed by atoms with Gasteiger partial charge in [-0.25, -0.2) is 8.42 Å². The highest BCUT2D eigenvalue weighted by Gasteiger charge is 2.41. The van der Waals surface area contributed by atoms with Gasteiger partial charge in [0.2, 0.25) is 0 Å². The summed E-state index contributed by atoms with van der Waals surface area (Å²) in [6.45, 7) is 4.83. The molecule has 0 aromatic heterocycles. The first-order valence-corrected chi connectivity index (χ1v) is 16.5. The van der Waals surface area contributed by atoms with Gasteiger partial charge in [-0.1, -0.05) is 66.2 Å². The number of carbonyl (C=O) groups excluding carboxylic acids is 1. The molecule has 1 heterocycles. The van der Waals surface area contributed by atoms with E-state index >= 15 is 0 Å².